The van der Waals surface area contributed by atoms with Gasteiger partial charge in [-0.15, -0.1) is 0 Å². The van der Waals surface area contributed by atoms with Gasteiger partial charge in [-0.05, 0) is 147 Å². The van der Waals surface area contributed by atoms with Gasteiger partial charge in [-0.2, -0.15) is 0 Å². The fourth-order valence-electron chi connectivity index (χ4n) is 15.5. The van der Waals surface area contributed by atoms with Crippen LogP contribution in [0, 0.1) is 23.2 Å². The lowest BCUT2D eigenvalue weighted by atomic mass is 9.36. The molecule has 4 saturated carbocycles. The second kappa shape index (κ2) is 13.2. The molecule has 66 heavy (non-hydrogen) atoms. The quantitative estimate of drug-likeness (QED) is 0.175. The van der Waals surface area contributed by atoms with Gasteiger partial charge in [-0.3, -0.25) is 0 Å². The smallest absolute Gasteiger partial charge is 0.143 e. The maximum Gasteiger partial charge on any atom is 0.143 e. The van der Waals surface area contributed by atoms with Crippen LogP contribution in [0.15, 0.2) is 205 Å². The Bertz CT molecular complexity index is 3600. The van der Waals surface area contributed by atoms with Gasteiger partial charge in [0, 0.05) is 38.5 Å². The first kappa shape index (κ1) is 37.1. The molecule has 10 aromatic rings. The summed E-state index contributed by atoms with van der Waals surface area (Å²) >= 11 is 0. The highest BCUT2D eigenvalue weighted by Gasteiger charge is 2.66. The van der Waals surface area contributed by atoms with E-state index in [1.54, 1.807) is 11.1 Å². The van der Waals surface area contributed by atoms with Gasteiger partial charge in [0.15, 0.2) is 0 Å². The molecular formula is C64H49NO. The van der Waals surface area contributed by atoms with E-state index in [-0.39, 0.29) is 5.41 Å². The number of hydrogen-bond acceptors (Lipinski definition) is 2. The summed E-state index contributed by atoms with van der Waals surface area (Å²) in [6.07, 6.45) is 6.67. The summed E-state index contributed by atoms with van der Waals surface area (Å²) in [4.78, 5) is 2.55. The zero-order valence-corrected chi connectivity index (χ0v) is 37.2. The SMILES string of the molecule is CC12C[C@H]3C[C@H](C1)C1(c4ccccc4C4(c5ccccc5-c5ccccc54)c4cc(N(c5cccc(-c6cccc7c6oc6ccccc67)c5)c5cccc6ccccc56)ccc41)[C@@H](C3)C2. The van der Waals surface area contributed by atoms with Crippen molar-refractivity contribution >= 4 is 49.8 Å². The number of anilines is 3. The summed E-state index contributed by atoms with van der Waals surface area (Å²) in [5.74, 6) is 2.04. The van der Waals surface area contributed by atoms with Gasteiger partial charge >= 0.3 is 0 Å². The van der Waals surface area contributed by atoms with Crippen molar-refractivity contribution in [2.24, 2.45) is 23.2 Å². The number of rotatable bonds is 4. The number of fused-ring (bicyclic) bond motifs is 13. The van der Waals surface area contributed by atoms with E-state index in [9.17, 15) is 0 Å². The fourth-order valence-corrected chi connectivity index (χ4v) is 15.5. The molecule has 5 atom stereocenters. The molecule has 2 unspecified atom stereocenters. The lowest BCUT2D eigenvalue weighted by Crippen LogP contribution is -2.61. The summed E-state index contributed by atoms with van der Waals surface area (Å²) in [6.45, 7) is 2.62. The molecule has 316 valence electrons. The summed E-state index contributed by atoms with van der Waals surface area (Å²) < 4.78 is 6.66. The molecule has 4 bridgehead atoms. The number of hydrogen-bond donors (Lipinski definition) is 0. The normalized spacial score (nSPS) is 23.6. The second-order valence-electron chi connectivity index (χ2n) is 20.8. The molecule has 2 spiro atoms. The molecule has 0 saturated heterocycles. The highest BCUT2D eigenvalue weighted by atomic mass is 16.3. The van der Waals surface area contributed by atoms with Crippen molar-refractivity contribution in [1.82, 2.24) is 0 Å². The first-order chi connectivity index (χ1) is 32.5. The van der Waals surface area contributed by atoms with Crippen molar-refractivity contribution in [3.8, 4) is 22.3 Å². The van der Waals surface area contributed by atoms with E-state index in [4.69, 9.17) is 4.42 Å². The van der Waals surface area contributed by atoms with Crippen molar-refractivity contribution in [3.05, 3.63) is 234 Å². The molecule has 16 rings (SSSR count). The van der Waals surface area contributed by atoms with E-state index in [0.717, 1.165) is 44.7 Å². The van der Waals surface area contributed by atoms with Gasteiger partial charge in [0.25, 0.3) is 0 Å². The van der Waals surface area contributed by atoms with E-state index in [1.165, 1.54) is 87.6 Å². The van der Waals surface area contributed by atoms with Crippen molar-refractivity contribution in [1.29, 1.82) is 0 Å². The van der Waals surface area contributed by atoms with E-state index in [2.05, 4.69) is 212 Å². The van der Waals surface area contributed by atoms with Gasteiger partial charge in [-0.1, -0.05) is 171 Å². The molecule has 2 nitrogen and oxygen atoms in total. The molecule has 0 radical (unpaired) electrons. The number of benzene rings is 9. The fraction of sp³-hybridized carbons (Fsp3) is 0.188. The molecule has 9 aromatic carbocycles. The number of furan rings is 1. The van der Waals surface area contributed by atoms with E-state index < -0.39 is 5.41 Å². The lowest BCUT2D eigenvalue weighted by molar-refractivity contribution is -0.0920. The molecule has 6 aliphatic carbocycles. The Morgan fingerprint density at radius 1 is 0.455 bits per heavy atom. The maximum absolute atomic E-state index is 6.66. The van der Waals surface area contributed by atoms with Crippen LogP contribution < -0.4 is 4.90 Å². The zero-order chi connectivity index (χ0) is 43.4. The predicted octanol–water partition coefficient (Wildman–Crippen LogP) is 16.7. The van der Waals surface area contributed by atoms with Crippen molar-refractivity contribution in [2.45, 2.75) is 49.9 Å². The highest BCUT2D eigenvalue weighted by Crippen LogP contribution is 2.73. The van der Waals surface area contributed by atoms with Crippen molar-refractivity contribution in [3.63, 3.8) is 0 Å². The first-order valence-corrected chi connectivity index (χ1v) is 24.3. The minimum atomic E-state index is -0.484. The van der Waals surface area contributed by atoms with Crippen LogP contribution in [0.25, 0.3) is 55.0 Å². The van der Waals surface area contributed by atoms with Crippen LogP contribution in [-0.4, -0.2) is 0 Å². The molecule has 4 fully saturated rings. The molecule has 0 amide bonds. The Hall–Kier alpha value is -7.16. The Morgan fingerprint density at radius 3 is 1.83 bits per heavy atom. The summed E-state index contributed by atoms with van der Waals surface area (Å²) in [5, 5.41) is 4.74. The topological polar surface area (TPSA) is 16.4 Å². The average Bonchev–Trinajstić information content (AvgIpc) is 3.88. The molecule has 1 heterocycles. The predicted molar refractivity (Wildman–Crippen MR) is 271 cm³/mol. The second-order valence-corrected chi connectivity index (χ2v) is 20.8. The van der Waals surface area contributed by atoms with Crippen LogP contribution in [0.4, 0.5) is 17.1 Å². The largest absolute Gasteiger partial charge is 0.455 e. The molecule has 2 heteroatoms. The van der Waals surface area contributed by atoms with Gasteiger partial charge < -0.3 is 9.32 Å². The van der Waals surface area contributed by atoms with Gasteiger partial charge in [-0.25, -0.2) is 0 Å². The van der Waals surface area contributed by atoms with Gasteiger partial charge in [0.05, 0.1) is 11.1 Å². The van der Waals surface area contributed by atoms with Crippen LogP contribution >= 0.6 is 0 Å². The Balaban J connectivity index is 1.03. The monoisotopic (exact) mass is 847 g/mol. The van der Waals surface area contributed by atoms with Crippen LogP contribution in [0.5, 0.6) is 0 Å². The Kier molecular flexibility index (Phi) is 7.44. The van der Waals surface area contributed by atoms with E-state index in [1.807, 2.05) is 0 Å². The summed E-state index contributed by atoms with van der Waals surface area (Å²) in [6, 6.07) is 76.1. The van der Waals surface area contributed by atoms with E-state index in [0.29, 0.717) is 17.3 Å². The molecule has 6 aliphatic rings. The minimum absolute atomic E-state index is 0.0476. The summed E-state index contributed by atoms with van der Waals surface area (Å²) in [7, 11) is 0. The van der Waals surface area contributed by atoms with Gasteiger partial charge in [0.2, 0.25) is 0 Å². The maximum atomic E-state index is 6.66. The van der Waals surface area contributed by atoms with Crippen molar-refractivity contribution < 1.29 is 4.42 Å². The molecular weight excluding hydrogens is 799 g/mol. The summed E-state index contributed by atoms with van der Waals surface area (Å²) in [5.41, 5.74) is 19.1. The van der Waals surface area contributed by atoms with Crippen LogP contribution in [0.1, 0.15) is 72.4 Å². The zero-order valence-electron chi connectivity index (χ0n) is 37.2. The van der Waals surface area contributed by atoms with Crippen LogP contribution in [0.2, 0.25) is 0 Å². The third-order valence-electron chi connectivity index (χ3n) is 17.5. The highest BCUT2D eigenvalue weighted by molar-refractivity contribution is 6.10. The molecule has 0 aliphatic heterocycles. The standard InChI is InChI=1S/C64H49NO/c1-62-37-40-33-43(38-62)63(44(34-40)39-62)55-27-9-10-28-56(55)64(53-25-7-4-20-49(53)50-21-5-8-26-54(50)64)58-36-46(31-32-57(58)63)65(59-29-13-16-41-15-2-3-19-47(41)59)45-18-12-17-42(35-45)48-23-14-24-52-51-22-6-11-30-60(51)66-61(48)52/h2-32,35-36,40,43-44H,33-34,37-39H2,1H3/t40-,43+,44-,62?,63?. The third kappa shape index (κ3) is 4.72. The lowest BCUT2D eigenvalue weighted by Gasteiger charge is -2.67. The molecule has 1 aromatic heterocycles. The van der Waals surface area contributed by atoms with Gasteiger partial charge in [0.1, 0.15) is 11.2 Å². The number of para-hydroxylation sites is 2. The first-order valence-electron chi connectivity index (χ1n) is 24.3. The van der Waals surface area contributed by atoms with E-state index >= 15 is 0 Å². The Labute approximate surface area is 386 Å². The number of nitrogens with zero attached hydrogens (tertiary/aromatic N) is 1. The average molecular weight is 848 g/mol. The van der Waals surface area contributed by atoms with Crippen LogP contribution in [0.3, 0.4) is 0 Å². The third-order valence-corrected chi connectivity index (χ3v) is 17.5. The van der Waals surface area contributed by atoms with Crippen LogP contribution in [-0.2, 0) is 10.8 Å². The van der Waals surface area contributed by atoms with Crippen molar-refractivity contribution in [2.75, 3.05) is 4.90 Å². The molecule has 0 N–H and O–H groups in total. The Morgan fingerprint density at radius 2 is 1.05 bits per heavy atom. The minimum Gasteiger partial charge on any atom is -0.455 e.